The molecule has 0 saturated carbocycles. The normalized spacial score (nSPS) is 9.32. The number of halogens is 1. The lowest BCUT2D eigenvalue weighted by molar-refractivity contribution is -0.159. The Kier molecular flexibility index (Phi) is 14.5. The number of nitrogens with one attached hydrogen (secondary N) is 2. The molecular weight excluding hydrogens is 474 g/mol. The topological polar surface area (TPSA) is 216 Å². The fraction of sp³-hybridized carbons (Fsp3) is 0.190. The van der Waals surface area contributed by atoms with E-state index in [9.17, 15) is 4.79 Å². The van der Waals surface area contributed by atoms with Crippen molar-refractivity contribution in [3.8, 4) is 0 Å². The highest BCUT2D eigenvalue weighted by Crippen LogP contribution is 2.23. The van der Waals surface area contributed by atoms with Gasteiger partial charge >= 0.3 is 23.9 Å². The summed E-state index contributed by atoms with van der Waals surface area (Å²) in [5.74, 6) is -7.65. The number of carboxylic acid groups (broad SMARTS) is 4. The van der Waals surface area contributed by atoms with Gasteiger partial charge in [0.15, 0.2) is 0 Å². The molecule has 0 heterocycles. The van der Waals surface area contributed by atoms with Crippen LogP contribution in [0.15, 0.2) is 48.5 Å². The Labute approximate surface area is 199 Å². The molecule has 13 heteroatoms. The second-order valence-electron chi connectivity index (χ2n) is 6.25. The number of carbonyl (C=O) groups is 5. The molecule has 184 valence electrons. The summed E-state index contributed by atoms with van der Waals surface area (Å²) >= 11 is 6.11. The number of rotatable bonds is 8. The highest BCUT2D eigenvalue weighted by Gasteiger charge is 2.05. The van der Waals surface area contributed by atoms with Crippen LogP contribution in [0.5, 0.6) is 0 Å². The number of primary amides is 1. The van der Waals surface area contributed by atoms with Crippen molar-refractivity contribution in [3.05, 3.63) is 64.7 Å². The van der Waals surface area contributed by atoms with Crippen LogP contribution in [0.3, 0.4) is 0 Å². The van der Waals surface area contributed by atoms with Crippen LogP contribution in [0.1, 0.15) is 11.1 Å². The van der Waals surface area contributed by atoms with Crippen LogP contribution in [0.25, 0.3) is 0 Å². The fourth-order valence-electron chi connectivity index (χ4n) is 2.19. The fourth-order valence-corrected chi connectivity index (χ4v) is 2.39. The van der Waals surface area contributed by atoms with Crippen molar-refractivity contribution in [2.75, 3.05) is 25.0 Å². The predicted octanol–water partition coefficient (Wildman–Crippen LogP) is 0.729. The number of hydrogen-bond donors (Lipinski definition) is 7. The Morgan fingerprint density at radius 2 is 1.32 bits per heavy atom. The van der Waals surface area contributed by atoms with E-state index >= 15 is 0 Å². The molecule has 0 spiro atoms. The number of nitrogens with two attached hydrogens (primary N) is 1. The standard InChI is InChI=1S/C17H20ClN3O.2C2H2O4/c18-15-6-7-16(21-9-8-20-12-17(19)22)14(11-15)10-13-4-2-1-3-5-13;2*3-1(4)2(5)6/h1-7,11,20-21H,8-10,12H2,(H2,19,22);2*(H,3,4)(H,5,6). The van der Waals surface area contributed by atoms with Crippen LogP contribution in [0, 0.1) is 0 Å². The summed E-state index contributed by atoms with van der Waals surface area (Å²) in [6.45, 7) is 1.56. The average molecular weight is 498 g/mol. The quantitative estimate of drug-likeness (QED) is 0.199. The van der Waals surface area contributed by atoms with Gasteiger partial charge in [-0.2, -0.15) is 0 Å². The summed E-state index contributed by atoms with van der Waals surface area (Å²) in [5.41, 5.74) is 8.51. The largest absolute Gasteiger partial charge is 0.473 e. The predicted molar refractivity (Wildman–Crippen MR) is 122 cm³/mol. The molecule has 0 fully saturated rings. The van der Waals surface area contributed by atoms with Crippen molar-refractivity contribution >= 4 is 47.1 Å². The van der Waals surface area contributed by atoms with Crippen LogP contribution in [0.4, 0.5) is 5.69 Å². The number of carbonyl (C=O) groups excluding carboxylic acids is 1. The van der Waals surface area contributed by atoms with Crippen molar-refractivity contribution in [1.82, 2.24) is 5.32 Å². The van der Waals surface area contributed by atoms with Crippen LogP contribution in [-0.4, -0.2) is 69.8 Å². The minimum Gasteiger partial charge on any atom is -0.473 e. The summed E-state index contributed by atoms with van der Waals surface area (Å²) in [6, 6.07) is 16.1. The third kappa shape index (κ3) is 14.8. The van der Waals surface area contributed by atoms with E-state index in [0.29, 0.717) is 13.1 Å². The summed E-state index contributed by atoms with van der Waals surface area (Å²) in [5, 5.41) is 36.6. The number of aliphatic carboxylic acids is 4. The van der Waals surface area contributed by atoms with Gasteiger partial charge in [0.05, 0.1) is 6.54 Å². The smallest absolute Gasteiger partial charge is 0.414 e. The molecule has 0 aliphatic carbocycles. The Morgan fingerprint density at radius 1 is 0.794 bits per heavy atom. The summed E-state index contributed by atoms with van der Waals surface area (Å²) in [7, 11) is 0. The third-order valence-electron chi connectivity index (χ3n) is 3.59. The first-order chi connectivity index (χ1) is 15.9. The molecule has 0 aromatic heterocycles. The first kappa shape index (κ1) is 29.8. The van der Waals surface area contributed by atoms with Gasteiger partial charge in [-0.1, -0.05) is 41.9 Å². The number of hydrogen-bond acceptors (Lipinski definition) is 7. The molecule has 2 aromatic carbocycles. The van der Waals surface area contributed by atoms with Gasteiger partial charge in [-0.15, -0.1) is 0 Å². The van der Waals surface area contributed by atoms with E-state index < -0.39 is 23.9 Å². The molecule has 2 aromatic rings. The van der Waals surface area contributed by atoms with Gasteiger partial charge in [0, 0.05) is 23.8 Å². The molecule has 0 aliphatic rings. The minimum absolute atomic E-state index is 0.194. The Hall–Kier alpha value is -4.16. The average Bonchev–Trinajstić information content (AvgIpc) is 2.76. The lowest BCUT2D eigenvalue weighted by Crippen LogP contribution is -2.31. The molecule has 0 bridgehead atoms. The number of carboxylic acids is 4. The lowest BCUT2D eigenvalue weighted by Gasteiger charge is -2.13. The number of benzene rings is 2. The van der Waals surface area contributed by atoms with Crippen molar-refractivity contribution < 1.29 is 44.4 Å². The van der Waals surface area contributed by atoms with Crippen LogP contribution in [0.2, 0.25) is 5.02 Å². The zero-order valence-electron chi connectivity index (χ0n) is 17.7. The first-order valence-corrected chi connectivity index (χ1v) is 9.79. The number of anilines is 1. The molecule has 0 radical (unpaired) electrons. The molecular formula is C21H24ClN3O9. The van der Waals surface area contributed by atoms with Gasteiger partial charge in [0.25, 0.3) is 0 Å². The van der Waals surface area contributed by atoms with E-state index in [0.717, 1.165) is 22.7 Å². The summed E-state index contributed by atoms with van der Waals surface area (Å²) in [6.07, 6.45) is 0.818. The molecule has 0 atom stereocenters. The third-order valence-corrected chi connectivity index (χ3v) is 3.82. The molecule has 0 saturated heterocycles. The maximum absolute atomic E-state index is 10.7. The van der Waals surface area contributed by atoms with E-state index in [-0.39, 0.29) is 12.5 Å². The number of amides is 1. The van der Waals surface area contributed by atoms with Crippen molar-refractivity contribution in [2.45, 2.75) is 6.42 Å². The second kappa shape index (κ2) is 16.5. The maximum atomic E-state index is 10.7. The highest BCUT2D eigenvalue weighted by atomic mass is 35.5. The van der Waals surface area contributed by atoms with Crippen molar-refractivity contribution in [3.63, 3.8) is 0 Å². The molecule has 34 heavy (non-hydrogen) atoms. The zero-order chi connectivity index (χ0) is 26.1. The van der Waals surface area contributed by atoms with Gasteiger partial charge in [0.1, 0.15) is 0 Å². The Bertz CT molecular complexity index is 937. The van der Waals surface area contributed by atoms with E-state index in [1.54, 1.807) is 0 Å². The second-order valence-corrected chi connectivity index (χ2v) is 6.69. The minimum atomic E-state index is -1.82. The van der Waals surface area contributed by atoms with Gasteiger partial charge in [0.2, 0.25) is 5.91 Å². The first-order valence-electron chi connectivity index (χ1n) is 9.41. The summed E-state index contributed by atoms with van der Waals surface area (Å²) in [4.78, 5) is 47.1. The van der Waals surface area contributed by atoms with Crippen LogP contribution in [-0.2, 0) is 30.4 Å². The molecule has 0 unspecified atom stereocenters. The van der Waals surface area contributed by atoms with Crippen molar-refractivity contribution in [1.29, 1.82) is 0 Å². The Morgan fingerprint density at radius 3 is 1.79 bits per heavy atom. The lowest BCUT2D eigenvalue weighted by atomic mass is 10.0. The van der Waals surface area contributed by atoms with Crippen LogP contribution < -0.4 is 16.4 Å². The van der Waals surface area contributed by atoms with E-state index in [1.165, 1.54) is 5.56 Å². The monoisotopic (exact) mass is 497 g/mol. The molecule has 1 amide bonds. The Balaban J connectivity index is 0.000000750. The summed E-state index contributed by atoms with van der Waals surface area (Å²) < 4.78 is 0. The molecule has 12 nitrogen and oxygen atoms in total. The van der Waals surface area contributed by atoms with E-state index in [1.807, 2.05) is 36.4 Å². The van der Waals surface area contributed by atoms with E-state index in [2.05, 4.69) is 22.8 Å². The SMILES string of the molecule is NC(=O)CNCCNc1ccc(Cl)cc1Cc1ccccc1.O=C(O)C(=O)O.O=C(O)C(=O)O. The van der Waals surface area contributed by atoms with E-state index in [4.69, 9.17) is 56.9 Å². The molecule has 2 rings (SSSR count). The van der Waals surface area contributed by atoms with Crippen molar-refractivity contribution in [2.24, 2.45) is 5.73 Å². The molecule has 8 N–H and O–H groups in total. The van der Waals surface area contributed by atoms with Gasteiger partial charge < -0.3 is 36.8 Å². The van der Waals surface area contributed by atoms with Gasteiger partial charge in [-0.05, 0) is 35.7 Å². The van der Waals surface area contributed by atoms with Crippen LogP contribution >= 0.6 is 11.6 Å². The maximum Gasteiger partial charge on any atom is 0.414 e. The van der Waals surface area contributed by atoms with Gasteiger partial charge in [-0.3, -0.25) is 4.79 Å². The van der Waals surface area contributed by atoms with Gasteiger partial charge in [-0.25, -0.2) is 19.2 Å². The molecule has 0 aliphatic heterocycles. The highest BCUT2D eigenvalue weighted by molar-refractivity contribution is 6.30. The zero-order valence-corrected chi connectivity index (χ0v) is 18.5.